The maximum absolute atomic E-state index is 5.29. The Morgan fingerprint density at radius 2 is 2.42 bits per heavy atom. The van der Waals surface area contributed by atoms with Crippen molar-refractivity contribution in [2.75, 3.05) is 20.2 Å². The molecule has 6 nitrogen and oxygen atoms in total. The fraction of sp³-hybridized carbons (Fsp3) is 0.462. The van der Waals surface area contributed by atoms with E-state index in [9.17, 15) is 0 Å². The van der Waals surface area contributed by atoms with Crippen LogP contribution in [0.25, 0.3) is 11.4 Å². The predicted octanol–water partition coefficient (Wildman–Crippen LogP) is 1.29. The van der Waals surface area contributed by atoms with Crippen molar-refractivity contribution in [3.8, 4) is 17.3 Å². The molecule has 6 heteroatoms. The second-order valence-corrected chi connectivity index (χ2v) is 4.66. The van der Waals surface area contributed by atoms with E-state index >= 15 is 0 Å². The van der Waals surface area contributed by atoms with Gasteiger partial charge in [0, 0.05) is 24.2 Å². The van der Waals surface area contributed by atoms with Crippen molar-refractivity contribution in [3.05, 3.63) is 24.2 Å². The highest BCUT2D eigenvalue weighted by molar-refractivity contribution is 5.52. The van der Waals surface area contributed by atoms with Gasteiger partial charge in [0.15, 0.2) is 0 Å². The monoisotopic (exact) mass is 260 g/mol. The van der Waals surface area contributed by atoms with Crippen LogP contribution in [0.1, 0.15) is 12.3 Å². The van der Waals surface area contributed by atoms with Crippen LogP contribution < -0.4 is 10.1 Å². The van der Waals surface area contributed by atoms with E-state index in [0.29, 0.717) is 23.5 Å². The number of rotatable bonds is 4. The van der Waals surface area contributed by atoms with Crippen LogP contribution in [0.4, 0.5) is 0 Å². The molecule has 2 aromatic heterocycles. The Labute approximate surface area is 111 Å². The van der Waals surface area contributed by atoms with Crippen LogP contribution in [-0.4, -0.2) is 35.3 Å². The van der Waals surface area contributed by atoms with Crippen LogP contribution in [0.3, 0.4) is 0 Å². The lowest BCUT2D eigenvalue weighted by atomic mass is 10.1. The van der Waals surface area contributed by atoms with Crippen molar-refractivity contribution in [2.24, 2.45) is 5.92 Å². The van der Waals surface area contributed by atoms with Crippen molar-refractivity contribution in [1.29, 1.82) is 0 Å². The number of nitrogens with one attached hydrogen (secondary N) is 1. The highest BCUT2D eigenvalue weighted by Crippen LogP contribution is 2.19. The predicted molar refractivity (Wildman–Crippen MR) is 68.8 cm³/mol. The minimum Gasteiger partial charge on any atom is -0.481 e. The van der Waals surface area contributed by atoms with E-state index in [-0.39, 0.29) is 0 Å². The van der Waals surface area contributed by atoms with Crippen molar-refractivity contribution >= 4 is 0 Å². The average molecular weight is 260 g/mol. The molecule has 3 heterocycles. The Hall–Kier alpha value is -1.95. The van der Waals surface area contributed by atoms with Crippen molar-refractivity contribution < 1.29 is 9.26 Å². The van der Waals surface area contributed by atoms with Crippen LogP contribution in [0.15, 0.2) is 22.9 Å². The molecule has 1 aliphatic heterocycles. The first-order chi connectivity index (χ1) is 9.35. The minimum absolute atomic E-state index is 0.574. The summed E-state index contributed by atoms with van der Waals surface area (Å²) in [5.74, 6) is 2.45. The Balaban J connectivity index is 1.72. The Morgan fingerprint density at radius 1 is 1.47 bits per heavy atom. The van der Waals surface area contributed by atoms with Gasteiger partial charge < -0.3 is 14.6 Å². The number of nitrogens with zero attached hydrogens (tertiary/aromatic N) is 3. The molecule has 19 heavy (non-hydrogen) atoms. The number of ether oxygens (including phenoxy) is 1. The molecule has 3 rings (SSSR count). The zero-order chi connectivity index (χ0) is 13.1. The Morgan fingerprint density at radius 3 is 3.11 bits per heavy atom. The molecule has 0 spiro atoms. The van der Waals surface area contributed by atoms with Crippen molar-refractivity contribution in [3.63, 3.8) is 0 Å². The van der Waals surface area contributed by atoms with E-state index in [1.54, 1.807) is 19.4 Å². The molecule has 100 valence electrons. The highest BCUT2D eigenvalue weighted by atomic mass is 16.5. The number of hydrogen-bond acceptors (Lipinski definition) is 6. The molecule has 1 saturated heterocycles. The van der Waals surface area contributed by atoms with Crippen LogP contribution in [0.5, 0.6) is 5.88 Å². The molecule has 1 unspecified atom stereocenters. The first-order valence-corrected chi connectivity index (χ1v) is 6.39. The quantitative estimate of drug-likeness (QED) is 0.893. The van der Waals surface area contributed by atoms with Gasteiger partial charge in [0.05, 0.1) is 7.11 Å². The molecular formula is C13H16N4O2. The van der Waals surface area contributed by atoms with Crippen molar-refractivity contribution in [1.82, 2.24) is 20.4 Å². The highest BCUT2D eigenvalue weighted by Gasteiger charge is 2.18. The maximum atomic E-state index is 5.29. The summed E-state index contributed by atoms with van der Waals surface area (Å²) in [5, 5.41) is 7.33. The van der Waals surface area contributed by atoms with Gasteiger partial charge in [-0.05, 0) is 31.5 Å². The lowest BCUT2D eigenvalue weighted by molar-refractivity contribution is 0.358. The number of aromatic nitrogens is 3. The molecule has 1 N–H and O–H groups in total. The smallest absolute Gasteiger partial charge is 0.227 e. The molecule has 0 amide bonds. The minimum atomic E-state index is 0.574. The van der Waals surface area contributed by atoms with Crippen LogP contribution in [0, 0.1) is 5.92 Å². The normalized spacial score (nSPS) is 18.7. The van der Waals surface area contributed by atoms with Gasteiger partial charge in [-0.1, -0.05) is 5.16 Å². The molecule has 1 aliphatic rings. The lowest BCUT2D eigenvalue weighted by Crippen LogP contribution is -2.10. The first kappa shape index (κ1) is 12.1. The van der Waals surface area contributed by atoms with Gasteiger partial charge in [-0.2, -0.15) is 4.98 Å². The second-order valence-electron chi connectivity index (χ2n) is 4.66. The zero-order valence-electron chi connectivity index (χ0n) is 10.8. The van der Waals surface area contributed by atoms with E-state index in [1.165, 1.54) is 6.42 Å². The molecule has 1 atom stereocenters. The first-order valence-electron chi connectivity index (χ1n) is 6.39. The summed E-state index contributed by atoms with van der Waals surface area (Å²) in [6, 6.07) is 3.66. The fourth-order valence-electron chi connectivity index (χ4n) is 2.22. The third-order valence-corrected chi connectivity index (χ3v) is 3.30. The van der Waals surface area contributed by atoms with E-state index < -0.39 is 0 Å². The summed E-state index contributed by atoms with van der Waals surface area (Å²) in [5.41, 5.74) is 0.834. The Bertz CT molecular complexity index is 532. The third-order valence-electron chi connectivity index (χ3n) is 3.30. The van der Waals surface area contributed by atoms with Gasteiger partial charge in [0.25, 0.3) is 0 Å². The fourth-order valence-corrected chi connectivity index (χ4v) is 2.22. The van der Waals surface area contributed by atoms with Gasteiger partial charge in [0.2, 0.25) is 17.6 Å². The van der Waals surface area contributed by atoms with E-state index in [2.05, 4.69) is 20.4 Å². The van der Waals surface area contributed by atoms with Gasteiger partial charge >= 0.3 is 0 Å². The number of methoxy groups -OCH3 is 1. The molecule has 0 radical (unpaired) electrons. The van der Waals surface area contributed by atoms with Crippen LogP contribution in [-0.2, 0) is 6.42 Å². The third kappa shape index (κ3) is 2.73. The molecule has 0 aromatic carbocycles. The zero-order valence-corrected chi connectivity index (χ0v) is 10.8. The topological polar surface area (TPSA) is 73.1 Å². The molecule has 0 saturated carbocycles. The van der Waals surface area contributed by atoms with Crippen molar-refractivity contribution in [2.45, 2.75) is 12.8 Å². The van der Waals surface area contributed by atoms with Gasteiger partial charge in [-0.3, -0.25) is 0 Å². The number of hydrogen-bond donors (Lipinski definition) is 1. The molecular weight excluding hydrogens is 244 g/mol. The van der Waals surface area contributed by atoms with Gasteiger partial charge in [-0.15, -0.1) is 0 Å². The summed E-state index contributed by atoms with van der Waals surface area (Å²) >= 11 is 0. The standard InChI is InChI=1S/C13H16N4O2/c1-18-11-3-2-10(8-15-11)13-16-12(19-17-13)6-9-4-5-14-7-9/h2-3,8-9,14H,4-7H2,1H3. The Kier molecular flexibility index (Phi) is 3.41. The summed E-state index contributed by atoms with van der Waals surface area (Å²) in [4.78, 5) is 8.55. The average Bonchev–Trinajstić information content (AvgIpc) is 3.11. The SMILES string of the molecule is COc1ccc(-c2noc(CC3CCNC3)n2)cn1. The van der Waals surface area contributed by atoms with E-state index in [4.69, 9.17) is 9.26 Å². The van der Waals surface area contributed by atoms with E-state index in [1.807, 2.05) is 6.07 Å². The molecule has 0 aliphatic carbocycles. The largest absolute Gasteiger partial charge is 0.481 e. The summed E-state index contributed by atoms with van der Waals surface area (Å²) in [6.07, 6.45) is 3.69. The summed E-state index contributed by atoms with van der Waals surface area (Å²) in [6.45, 7) is 2.11. The van der Waals surface area contributed by atoms with Crippen LogP contribution >= 0.6 is 0 Å². The summed E-state index contributed by atoms with van der Waals surface area (Å²) < 4.78 is 10.3. The number of pyridine rings is 1. The van der Waals surface area contributed by atoms with Crippen LogP contribution in [0.2, 0.25) is 0 Å². The summed E-state index contributed by atoms with van der Waals surface area (Å²) in [7, 11) is 1.59. The second kappa shape index (κ2) is 5.36. The van der Waals surface area contributed by atoms with E-state index in [0.717, 1.165) is 25.1 Å². The maximum Gasteiger partial charge on any atom is 0.227 e. The molecule has 2 aromatic rings. The van der Waals surface area contributed by atoms with Gasteiger partial charge in [0.1, 0.15) is 0 Å². The van der Waals surface area contributed by atoms with Gasteiger partial charge in [-0.25, -0.2) is 4.98 Å². The molecule has 0 bridgehead atoms. The molecule has 1 fully saturated rings. The lowest BCUT2D eigenvalue weighted by Gasteiger charge is -2.01.